The largest absolute Gasteiger partial charge is 0.480 e. The zero-order valence-electron chi connectivity index (χ0n) is 16.7. The fraction of sp³-hybridized carbons (Fsp3) is 0.400. The first-order chi connectivity index (χ1) is 15.2. The van der Waals surface area contributed by atoms with E-state index in [0.29, 0.717) is 11.3 Å². The van der Waals surface area contributed by atoms with Gasteiger partial charge >= 0.3 is 5.97 Å². The van der Waals surface area contributed by atoms with Crippen LogP contribution in [0.5, 0.6) is 0 Å². The second kappa shape index (κ2) is 9.96. The summed E-state index contributed by atoms with van der Waals surface area (Å²) in [5.74, 6) is -4.10. The molecule has 0 fully saturated rings. The molecule has 1 aliphatic rings. The van der Waals surface area contributed by atoms with Crippen LogP contribution in [0.2, 0.25) is 0 Å². The maximum absolute atomic E-state index is 13.1. The van der Waals surface area contributed by atoms with Crippen LogP contribution < -0.4 is 0 Å². The first-order valence-corrected chi connectivity index (χ1v) is 9.64. The number of ketones is 1. The molecule has 0 aliphatic carbocycles. The summed E-state index contributed by atoms with van der Waals surface area (Å²) in [4.78, 5) is 23.8. The summed E-state index contributed by atoms with van der Waals surface area (Å²) in [6, 6.07) is 5.53. The standard InChI is InChI=1S/C20H22FN3O8/c21-11-3-1-10(2-4-11)14-8-24(23-22-14)7-12(26)5-13-15(27)6-17(20(30)31)32-19(13)18(29)16(28)9-25/h1-4,6,8,13,15-16,18-19,25,27-29H,5,7,9H2,(H,30,31)/t13-,15-,16?,18?,19?/m1/s1. The first kappa shape index (κ1) is 23.5. The molecule has 32 heavy (non-hydrogen) atoms. The molecule has 1 aromatic carbocycles. The van der Waals surface area contributed by atoms with Crippen LogP contribution in [-0.4, -0.2) is 83.3 Å². The summed E-state index contributed by atoms with van der Waals surface area (Å²) in [7, 11) is 0. The number of aromatic nitrogens is 3. The Hall–Kier alpha value is -3.19. The van der Waals surface area contributed by atoms with Crippen LogP contribution in [0.25, 0.3) is 11.3 Å². The van der Waals surface area contributed by atoms with E-state index >= 15 is 0 Å². The van der Waals surface area contributed by atoms with Crippen LogP contribution in [0.1, 0.15) is 6.42 Å². The molecule has 11 nitrogen and oxygen atoms in total. The Morgan fingerprint density at radius 1 is 1.22 bits per heavy atom. The molecule has 0 saturated carbocycles. The molecular formula is C20H22FN3O8. The number of aliphatic hydroxyl groups is 4. The van der Waals surface area contributed by atoms with Gasteiger partial charge < -0.3 is 30.3 Å². The van der Waals surface area contributed by atoms with Crippen LogP contribution in [0.15, 0.2) is 42.3 Å². The highest BCUT2D eigenvalue weighted by Gasteiger charge is 2.43. The fourth-order valence-corrected chi connectivity index (χ4v) is 3.39. The van der Waals surface area contributed by atoms with Crippen molar-refractivity contribution in [3.05, 3.63) is 48.1 Å². The Kier molecular flexibility index (Phi) is 7.30. The second-order valence-electron chi connectivity index (χ2n) is 7.36. The summed E-state index contributed by atoms with van der Waals surface area (Å²) < 4.78 is 19.5. The zero-order chi connectivity index (χ0) is 23.4. The van der Waals surface area contributed by atoms with E-state index in [2.05, 4.69) is 10.3 Å². The van der Waals surface area contributed by atoms with Crippen molar-refractivity contribution < 1.29 is 44.2 Å². The lowest BCUT2D eigenvalue weighted by Crippen LogP contribution is -2.51. The molecule has 0 amide bonds. The van der Waals surface area contributed by atoms with Gasteiger partial charge in [0, 0.05) is 17.9 Å². The van der Waals surface area contributed by atoms with Crippen LogP contribution in [-0.2, 0) is 20.9 Å². The van der Waals surface area contributed by atoms with Gasteiger partial charge in [0.25, 0.3) is 0 Å². The van der Waals surface area contributed by atoms with Crippen molar-refractivity contribution >= 4 is 11.8 Å². The van der Waals surface area contributed by atoms with E-state index in [1.807, 2.05) is 0 Å². The van der Waals surface area contributed by atoms with Gasteiger partial charge in [-0.05, 0) is 30.3 Å². The molecule has 3 unspecified atom stereocenters. The van der Waals surface area contributed by atoms with Crippen LogP contribution >= 0.6 is 0 Å². The molecule has 0 bridgehead atoms. The molecule has 2 aromatic rings. The van der Waals surface area contributed by atoms with Crippen molar-refractivity contribution in [2.45, 2.75) is 37.4 Å². The third-order valence-corrected chi connectivity index (χ3v) is 5.05. The zero-order valence-corrected chi connectivity index (χ0v) is 16.7. The smallest absolute Gasteiger partial charge is 0.370 e. The highest BCUT2D eigenvalue weighted by molar-refractivity contribution is 5.84. The Labute approximate surface area is 181 Å². The summed E-state index contributed by atoms with van der Waals surface area (Å²) in [5.41, 5.74) is 1.00. The van der Waals surface area contributed by atoms with Gasteiger partial charge in [0.05, 0.1) is 18.9 Å². The number of aliphatic hydroxyl groups excluding tert-OH is 4. The van der Waals surface area contributed by atoms with Gasteiger partial charge in [0.2, 0.25) is 5.76 Å². The van der Waals surface area contributed by atoms with E-state index in [1.165, 1.54) is 35.1 Å². The summed E-state index contributed by atoms with van der Waals surface area (Å²) in [5, 5.41) is 56.3. The molecule has 5 atom stereocenters. The summed E-state index contributed by atoms with van der Waals surface area (Å²) >= 11 is 0. The average Bonchev–Trinajstić information content (AvgIpc) is 3.22. The second-order valence-corrected chi connectivity index (χ2v) is 7.36. The lowest BCUT2D eigenvalue weighted by atomic mass is 9.84. The van der Waals surface area contributed by atoms with Crippen molar-refractivity contribution in [3.8, 4) is 11.3 Å². The quantitative estimate of drug-likeness (QED) is 0.321. The molecule has 172 valence electrons. The summed E-state index contributed by atoms with van der Waals surface area (Å²) in [6.07, 6.45) is -4.33. The number of carbonyl (C=O) groups excluding carboxylic acids is 1. The van der Waals surface area contributed by atoms with Crippen molar-refractivity contribution in [1.82, 2.24) is 15.0 Å². The third-order valence-electron chi connectivity index (χ3n) is 5.05. The number of ether oxygens (including phenoxy) is 1. The van der Waals surface area contributed by atoms with E-state index in [4.69, 9.17) is 14.9 Å². The highest BCUT2D eigenvalue weighted by atomic mass is 19.1. The van der Waals surface area contributed by atoms with E-state index in [1.54, 1.807) is 0 Å². The van der Waals surface area contributed by atoms with Crippen LogP contribution in [0.3, 0.4) is 0 Å². The fourth-order valence-electron chi connectivity index (χ4n) is 3.39. The number of aliphatic carboxylic acids is 1. The van der Waals surface area contributed by atoms with Gasteiger partial charge in [-0.2, -0.15) is 0 Å². The SMILES string of the molecule is O=C(C[C@H]1C(C(O)C(O)CO)OC(C(=O)O)=C[C@H]1O)Cn1cc(-c2ccc(F)cc2)nn1. The Morgan fingerprint density at radius 2 is 1.91 bits per heavy atom. The molecule has 5 N–H and O–H groups in total. The molecule has 1 aromatic heterocycles. The molecule has 3 rings (SSSR count). The predicted molar refractivity (Wildman–Crippen MR) is 104 cm³/mol. The number of carbonyl (C=O) groups is 2. The number of carboxylic acid groups (broad SMARTS) is 1. The monoisotopic (exact) mass is 451 g/mol. The van der Waals surface area contributed by atoms with E-state index in [0.717, 1.165) is 6.08 Å². The van der Waals surface area contributed by atoms with E-state index in [-0.39, 0.29) is 13.0 Å². The molecule has 0 spiro atoms. The Morgan fingerprint density at radius 3 is 2.53 bits per heavy atom. The van der Waals surface area contributed by atoms with Crippen LogP contribution in [0, 0.1) is 11.7 Å². The van der Waals surface area contributed by atoms with Gasteiger partial charge in [-0.3, -0.25) is 4.79 Å². The number of carboxylic acids is 1. The topological polar surface area (TPSA) is 175 Å². The minimum Gasteiger partial charge on any atom is -0.480 e. The first-order valence-electron chi connectivity index (χ1n) is 9.64. The number of hydrogen-bond donors (Lipinski definition) is 5. The number of rotatable bonds is 9. The number of halogens is 1. The molecule has 12 heteroatoms. The van der Waals surface area contributed by atoms with Crippen molar-refractivity contribution in [1.29, 1.82) is 0 Å². The molecule has 2 heterocycles. The Balaban J connectivity index is 1.73. The molecule has 1 aliphatic heterocycles. The molecular weight excluding hydrogens is 429 g/mol. The lowest BCUT2D eigenvalue weighted by molar-refractivity contribution is -0.154. The maximum Gasteiger partial charge on any atom is 0.370 e. The molecule has 0 saturated heterocycles. The Bertz CT molecular complexity index is 993. The summed E-state index contributed by atoms with van der Waals surface area (Å²) in [6.45, 7) is -1.09. The number of benzene rings is 1. The van der Waals surface area contributed by atoms with Gasteiger partial charge in [0.15, 0.2) is 5.78 Å². The van der Waals surface area contributed by atoms with Gasteiger partial charge in [-0.25, -0.2) is 13.9 Å². The molecule has 0 radical (unpaired) electrons. The highest BCUT2D eigenvalue weighted by Crippen LogP contribution is 2.30. The normalized spacial score (nSPS) is 22.5. The van der Waals surface area contributed by atoms with Gasteiger partial charge in [0.1, 0.15) is 36.4 Å². The van der Waals surface area contributed by atoms with Crippen LogP contribution in [0.4, 0.5) is 4.39 Å². The third kappa shape index (κ3) is 5.34. The van der Waals surface area contributed by atoms with Crippen molar-refractivity contribution in [2.24, 2.45) is 5.92 Å². The van der Waals surface area contributed by atoms with E-state index in [9.17, 15) is 29.3 Å². The minimum absolute atomic E-state index is 0.252. The minimum atomic E-state index is -1.76. The van der Waals surface area contributed by atoms with Crippen molar-refractivity contribution in [3.63, 3.8) is 0 Å². The van der Waals surface area contributed by atoms with E-state index < -0.39 is 60.3 Å². The van der Waals surface area contributed by atoms with Gasteiger partial charge in [-0.15, -0.1) is 5.10 Å². The van der Waals surface area contributed by atoms with Crippen molar-refractivity contribution in [2.75, 3.05) is 6.61 Å². The number of Topliss-reactive ketones (excluding diaryl/α,β-unsaturated/α-hetero) is 1. The lowest BCUT2D eigenvalue weighted by Gasteiger charge is -2.37. The average molecular weight is 451 g/mol. The predicted octanol–water partition coefficient (Wildman–Crippen LogP) is -0.898. The maximum atomic E-state index is 13.1. The number of hydrogen-bond acceptors (Lipinski definition) is 9. The number of nitrogens with zero attached hydrogens (tertiary/aromatic N) is 3. The van der Waals surface area contributed by atoms with Gasteiger partial charge in [-0.1, -0.05) is 5.21 Å².